The Kier molecular flexibility index (Phi) is 5.00. The van der Waals surface area contributed by atoms with Crippen LogP contribution in [-0.4, -0.2) is 25.3 Å². The molecule has 1 saturated heterocycles. The van der Waals surface area contributed by atoms with Gasteiger partial charge in [-0.3, -0.25) is 4.79 Å². The van der Waals surface area contributed by atoms with Gasteiger partial charge >= 0.3 is 5.97 Å². The molecule has 2 unspecified atom stereocenters. The molecule has 0 bridgehead atoms. The molecule has 1 fully saturated rings. The molecule has 1 rings (SSSR count). The van der Waals surface area contributed by atoms with Crippen LogP contribution in [0.3, 0.4) is 0 Å². The van der Waals surface area contributed by atoms with Gasteiger partial charge in [0, 0.05) is 6.61 Å². The molecule has 1 aliphatic heterocycles. The molecule has 0 N–H and O–H groups in total. The van der Waals surface area contributed by atoms with Gasteiger partial charge < -0.3 is 9.47 Å². The molecular weight excluding hydrogens is 204 g/mol. The van der Waals surface area contributed by atoms with Crippen LogP contribution in [-0.2, 0) is 14.3 Å². The molecule has 0 radical (unpaired) electrons. The van der Waals surface area contributed by atoms with E-state index in [0.717, 1.165) is 32.3 Å². The molecule has 92 valence electrons. The van der Waals surface area contributed by atoms with E-state index in [1.165, 1.54) is 0 Å². The van der Waals surface area contributed by atoms with Crippen molar-refractivity contribution >= 4 is 5.97 Å². The Morgan fingerprint density at radius 3 is 2.94 bits per heavy atom. The summed E-state index contributed by atoms with van der Waals surface area (Å²) in [5.74, 6) is -0.178. The van der Waals surface area contributed by atoms with Crippen molar-refractivity contribution in [1.82, 2.24) is 0 Å². The maximum Gasteiger partial charge on any atom is 0.315 e. The lowest BCUT2D eigenvalue weighted by molar-refractivity contribution is -0.152. The second-order valence-electron chi connectivity index (χ2n) is 4.52. The molecule has 0 aliphatic carbocycles. The molecule has 0 spiro atoms. The third kappa shape index (κ3) is 3.34. The molecule has 0 aromatic heterocycles. The topological polar surface area (TPSA) is 35.5 Å². The molecule has 1 heterocycles. The first-order valence-corrected chi connectivity index (χ1v) is 6.05. The Labute approximate surface area is 97.8 Å². The number of rotatable bonds is 6. The van der Waals surface area contributed by atoms with Crippen LogP contribution in [0.15, 0.2) is 12.7 Å². The predicted octanol–water partition coefficient (Wildman–Crippen LogP) is 2.70. The lowest BCUT2D eigenvalue weighted by Crippen LogP contribution is -2.29. The molecule has 0 aromatic rings. The van der Waals surface area contributed by atoms with Gasteiger partial charge in [0.05, 0.1) is 18.1 Å². The van der Waals surface area contributed by atoms with Crippen LogP contribution in [0.25, 0.3) is 0 Å². The summed E-state index contributed by atoms with van der Waals surface area (Å²) in [6.45, 7) is 8.72. The average molecular weight is 226 g/mol. The van der Waals surface area contributed by atoms with Gasteiger partial charge in [0.25, 0.3) is 0 Å². The van der Waals surface area contributed by atoms with Crippen molar-refractivity contribution in [3.63, 3.8) is 0 Å². The van der Waals surface area contributed by atoms with E-state index < -0.39 is 5.41 Å². The molecule has 2 atom stereocenters. The number of esters is 1. The van der Waals surface area contributed by atoms with E-state index in [9.17, 15) is 4.79 Å². The van der Waals surface area contributed by atoms with Crippen molar-refractivity contribution in [1.29, 1.82) is 0 Å². The normalized spacial score (nSPS) is 23.8. The van der Waals surface area contributed by atoms with Gasteiger partial charge in [-0.25, -0.2) is 0 Å². The van der Waals surface area contributed by atoms with Crippen LogP contribution >= 0.6 is 0 Å². The van der Waals surface area contributed by atoms with Crippen molar-refractivity contribution in [3.05, 3.63) is 12.7 Å². The Morgan fingerprint density at radius 1 is 1.69 bits per heavy atom. The summed E-state index contributed by atoms with van der Waals surface area (Å²) in [5, 5.41) is 0. The zero-order chi connectivity index (χ0) is 12.0. The molecule has 3 heteroatoms. The summed E-state index contributed by atoms with van der Waals surface area (Å²) in [6.07, 6.45) is 5.90. The van der Waals surface area contributed by atoms with E-state index in [1.54, 1.807) is 6.08 Å². The molecule has 3 nitrogen and oxygen atoms in total. The predicted molar refractivity (Wildman–Crippen MR) is 63.1 cm³/mol. The Bertz CT molecular complexity index is 244. The van der Waals surface area contributed by atoms with Crippen molar-refractivity contribution < 1.29 is 14.3 Å². The highest BCUT2D eigenvalue weighted by Gasteiger charge is 2.32. The third-order valence-electron chi connectivity index (χ3n) is 3.20. The van der Waals surface area contributed by atoms with Gasteiger partial charge in [-0.2, -0.15) is 0 Å². The van der Waals surface area contributed by atoms with Crippen molar-refractivity contribution in [3.8, 4) is 0 Å². The molecule has 1 aliphatic rings. The number of ether oxygens (including phenoxy) is 2. The fourth-order valence-electron chi connectivity index (χ4n) is 1.92. The van der Waals surface area contributed by atoms with Gasteiger partial charge in [-0.1, -0.05) is 6.08 Å². The number of carbonyl (C=O) groups is 1. The lowest BCUT2D eigenvalue weighted by atomic mass is 9.84. The van der Waals surface area contributed by atoms with Gasteiger partial charge in [0.15, 0.2) is 0 Å². The Morgan fingerprint density at radius 2 is 2.44 bits per heavy atom. The molecule has 16 heavy (non-hydrogen) atoms. The van der Waals surface area contributed by atoms with E-state index in [2.05, 4.69) is 6.58 Å². The zero-order valence-corrected chi connectivity index (χ0v) is 10.3. The summed E-state index contributed by atoms with van der Waals surface area (Å²) in [6, 6.07) is 0. The van der Waals surface area contributed by atoms with Crippen molar-refractivity contribution in [2.45, 2.75) is 45.6 Å². The average Bonchev–Trinajstić information content (AvgIpc) is 2.79. The van der Waals surface area contributed by atoms with Crippen LogP contribution < -0.4 is 0 Å². The zero-order valence-electron chi connectivity index (χ0n) is 10.3. The van der Waals surface area contributed by atoms with E-state index in [-0.39, 0.29) is 5.97 Å². The van der Waals surface area contributed by atoms with E-state index in [0.29, 0.717) is 12.7 Å². The minimum atomic E-state index is -0.567. The molecule has 0 saturated carbocycles. The summed E-state index contributed by atoms with van der Waals surface area (Å²) in [7, 11) is 0. The number of hydrogen-bond donors (Lipinski definition) is 0. The number of carbonyl (C=O) groups excluding carboxylic acids is 1. The summed E-state index contributed by atoms with van der Waals surface area (Å²) in [5.41, 5.74) is -0.567. The highest BCUT2D eigenvalue weighted by Crippen LogP contribution is 2.29. The van der Waals surface area contributed by atoms with Crippen LogP contribution in [0.2, 0.25) is 0 Å². The first-order valence-electron chi connectivity index (χ1n) is 6.05. The van der Waals surface area contributed by atoms with Gasteiger partial charge in [0.1, 0.15) is 0 Å². The highest BCUT2D eigenvalue weighted by atomic mass is 16.5. The minimum Gasteiger partial charge on any atom is -0.465 e. The largest absolute Gasteiger partial charge is 0.465 e. The highest BCUT2D eigenvalue weighted by molar-refractivity contribution is 5.78. The lowest BCUT2D eigenvalue weighted by Gasteiger charge is -2.24. The van der Waals surface area contributed by atoms with Gasteiger partial charge in [0.2, 0.25) is 0 Å². The second kappa shape index (κ2) is 6.04. The van der Waals surface area contributed by atoms with Crippen LogP contribution in [0.5, 0.6) is 0 Å². The summed E-state index contributed by atoms with van der Waals surface area (Å²) < 4.78 is 10.6. The molecule has 0 amide bonds. The van der Waals surface area contributed by atoms with Gasteiger partial charge in [-0.05, 0) is 39.5 Å². The Hall–Kier alpha value is -0.830. The van der Waals surface area contributed by atoms with E-state index in [1.807, 2.05) is 13.8 Å². The standard InChI is InChI=1S/C13H22O3/c1-4-13(3,12(14)15-5-2)9-8-11-7-6-10-16-11/h4,11H,1,5-10H2,2-3H3. The SMILES string of the molecule is C=CC(C)(CCC1CCCO1)C(=O)OCC. The molecule has 0 aromatic carbocycles. The smallest absolute Gasteiger partial charge is 0.315 e. The van der Waals surface area contributed by atoms with Crippen LogP contribution in [0, 0.1) is 5.41 Å². The monoisotopic (exact) mass is 226 g/mol. The van der Waals surface area contributed by atoms with E-state index in [4.69, 9.17) is 9.47 Å². The fourth-order valence-corrected chi connectivity index (χ4v) is 1.92. The summed E-state index contributed by atoms with van der Waals surface area (Å²) >= 11 is 0. The first kappa shape index (κ1) is 13.2. The second-order valence-corrected chi connectivity index (χ2v) is 4.52. The van der Waals surface area contributed by atoms with Crippen molar-refractivity contribution in [2.75, 3.05) is 13.2 Å². The van der Waals surface area contributed by atoms with Crippen LogP contribution in [0.1, 0.15) is 39.5 Å². The summed E-state index contributed by atoms with van der Waals surface area (Å²) in [4.78, 5) is 11.8. The fraction of sp³-hybridized carbons (Fsp3) is 0.769. The van der Waals surface area contributed by atoms with E-state index >= 15 is 0 Å². The quantitative estimate of drug-likeness (QED) is 0.516. The van der Waals surface area contributed by atoms with Gasteiger partial charge in [-0.15, -0.1) is 6.58 Å². The maximum atomic E-state index is 11.8. The number of hydrogen-bond acceptors (Lipinski definition) is 3. The molecular formula is C13H22O3. The van der Waals surface area contributed by atoms with Crippen molar-refractivity contribution in [2.24, 2.45) is 5.41 Å². The Balaban J connectivity index is 2.45. The first-order chi connectivity index (χ1) is 7.62. The van der Waals surface area contributed by atoms with Crippen LogP contribution in [0.4, 0.5) is 0 Å². The minimum absolute atomic E-state index is 0.178. The maximum absolute atomic E-state index is 11.8. The third-order valence-corrected chi connectivity index (χ3v) is 3.20.